The van der Waals surface area contributed by atoms with Gasteiger partial charge in [0, 0.05) is 18.6 Å². The molecule has 0 aromatic heterocycles. The number of unbranched alkanes of at least 4 members (excludes halogenated alkanes) is 3. The van der Waals surface area contributed by atoms with Gasteiger partial charge in [-0.2, -0.15) is 0 Å². The number of hydrogen-bond acceptors (Lipinski definition) is 10. The molecule has 0 aliphatic carbocycles. The molecule has 0 aromatic carbocycles. The van der Waals surface area contributed by atoms with E-state index >= 15 is 0 Å². The van der Waals surface area contributed by atoms with Crippen LogP contribution in [0.1, 0.15) is 25.7 Å². The molecule has 0 radical (unpaired) electrons. The van der Waals surface area contributed by atoms with Crippen LogP contribution in [0.2, 0.25) is 0 Å². The molecular weight excluding hydrogens is 496 g/mol. The molecule has 0 saturated heterocycles. The van der Waals surface area contributed by atoms with Crippen LogP contribution >= 0.6 is 11.6 Å². The van der Waals surface area contributed by atoms with Crippen LogP contribution in [-0.2, 0) is 47.4 Å². The van der Waals surface area contributed by atoms with Crippen LogP contribution in [0, 0.1) is 0 Å². The minimum Gasteiger partial charge on any atom is -0.460 e. The number of carbonyl (C=O) groups is 1. The van der Waals surface area contributed by atoms with Gasteiger partial charge in [0.1, 0.15) is 6.61 Å². The molecule has 0 N–H and O–H groups in total. The molecule has 0 heterocycles. The van der Waals surface area contributed by atoms with E-state index in [1.54, 1.807) is 0 Å². The third-order valence-electron chi connectivity index (χ3n) is 4.42. The number of esters is 1. The Hall–Kier alpha value is -0.820. The summed E-state index contributed by atoms with van der Waals surface area (Å²) in [6.45, 7) is 11.8. The zero-order valence-corrected chi connectivity index (χ0v) is 22.6. The van der Waals surface area contributed by atoms with E-state index in [2.05, 4.69) is 6.58 Å². The number of halogens is 1. The number of rotatable bonds is 31. The van der Waals surface area contributed by atoms with E-state index in [-0.39, 0.29) is 6.61 Å². The van der Waals surface area contributed by atoms with Crippen LogP contribution in [0.4, 0.5) is 0 Å². The molecule has 10 nitrogen and oxygen atoms in total. The molecule has 0 aliphatic rings. The summed E-state index contributed by atoms with van der Waals surface area (Å²) in [4.78, 5) is 10.8. The first-order valence-corrected chi connectivity index (χ1v) is 13.3. The van der Waals surface area contributed by atoms with E-state index in [0.29, 0.717) is 99.1 Å². The number of hydrogen-bond donors (Lipinski definition) is 0. The molecule has 0 rings (SSSR count). The molecule has 0 spiro atoms. The van der Waals surface area contributed by atoms with Gasteiger partial charge in [-0.3, -0.25) is 0 Å². The quantitative estimate of drug-likeness (QED) is 0.0562. The lowest BCUT2D eigenvalue weighted by molar-refractivity contribution is -0.139. The Kier molecular flexibility index (Phi) is 31.5. The maximum absolute atomic E-state index is 10.8. The molecule has 0 atom stereocenters. The van der Waals surface area contributed by atoms with Crippen LogP contribution in [0.3, 0.4) is 0 Å². The van der Waals surface area contributed by atoms with Crippen molar-refractivity contribution >= 4 is 17.6 Å². The molecule has 0 saturated carbocycles. The van der Waals surface area contributed by atoms with Crippen molar-refractivity contribution in [3.05, 3.63) is 12.7 Å². The molecule has 214 valence electrons. The summed E-state index contributed by atoms with van der Waals surface area (Å²) in [5.74, 6) is 0.288. The molecular formula is C25H47ClO10. The van der Waals surface area contributed by atoms with Crippen molar-refractivity contribution in [1.29, 1.82) is 0 Å². The zero-order valence-electron chi connectivity index (χ0n) is 21.8. The van der Waals surface area contributed by atoms with Crippen molar-refractivity contribution in [2.45, 2.75) is 25.7 Å². The molecule has 0 amide bonds. The second-order valence-corrected chi connectivity index (χ2v) is 7.75. The summed E-state index contributed by atoms with van der Waals surface area (Å²) in [6.07, 6.45) is 5.61. The standard InChI is InChI=1S/C25H47ClO10/c1-2-25(27)36-24-23-35-22-21-34-20-19-33-18-17-32-16-15-31-14-13-30-12-11-29-10-9-28-8-6-4-3-5-7-26/h2H,1,3-24H2. The Labute approximate surface area is 221 Å². The van der Waals surface area contributed by atoms with Crippen LogP contribution < -0.4 is 0 Å². The zero-order chi connectivity index (χ0) is 26.2. The van der Waals surface area contributed by atoms with Gasteiger partial charge in [0.05, 0.1) is 99.1 Å². The number of carbonyl (C=O) groups excluding carboxylic acids is 1. The monoisotopic (exact) mass is 542 g/mol. The fourth-order valence-corrected chi connectivity index (χ4v) is 2.74. The van der Waals surface area contributed by atoms with Gasteiger partial charge < -0.3 is 42.6 Å². The number of ether oxygens (including phenoxy) is 9. The van der Waals surface area contributed by atoms with E-state index in [1.807, 2.05) is 0 Å². The first kappa shape index (κ1) is 35.2. The Bertz CT molecular complexity index is 457. The van der Waals surface area contributed by atoms with Crippen molar-refractivity contribution in [1.82, 2.24) is 0 Å². The highest BCUT2D eigenvalue weighted by Gasteiger charge is 1.97. The minimum atomic E-state index is -0.455. The average Bonchev–Trinajstić information content (AvgIpc) is 2.89. The van der Waals surface area contributed by atoms with Gasteiger partial charge in [-0.15, -0.1) is 11.6 Å². The molecule has 0 unspecified atom stereocenters. The van der Waals surface area contributed by atoms with E-state index < -0.39 is 5.97 Å². The molecule has 0 bridgehead atoms. The molecule has 0 aromatic rings. The maximum Gasteiger partial charge on any atom is 0.330 e. The van der Waals surface area contributed by atoms with Gasteiger partial charge in [-0.25, -0.2) is 4.79 Å². The molecule has 11 heteroatoms. The summed E-state index contributed by atoms with van der Waals surface area (Å²) in [5, 5.41) is 0. The van der Waals surface area contributed by atoms with Crippen LogP contribution in [0.5, 0.6) is 0 Å². The van der Waals surface area contributed by atoms with Crippen molar-refractivity contribution in [3.8, 4) is 0 Å². The summed E-state index contributed by atoms with van der Waals surface area (Å²) < 4.78 is 48.1. The predicted octanol–water partition coefficient (Wildman–Crippen LogP) is 2.65. The normalized spacial score (nSPS) is 11.1. The first-order chi connectivity index (χ1) is 17.8. The van der Waals surface area contributed by atoms with Gasteiger partial charge >= 0.3 is 5.97 Å². The smallest absolute Gasteiger partial charge is 0.330 e. The summed E-state index contributed by atoms with van der Waals surface area (Å²) in [6, 6.07) is 0. The van der Waals surface area contributed by atoms with Gasteiger partial charge in [-0.1, -0.05) is 19.4 Å². The fraction of sp³-hybridized carbons (Fsp3) is 0.880. The predicted molar refractivity (Wildman–Crippen MR) is 137 cm³/mol. The summed E-state index contributed by atoms with van der Waals surface area (Å²) in [5.41, 5.74) is 0. The lowest BCUT2D eigenvalue weighted by atomic mass is 10.2. The van der Waals surface area contributed by atoms with E-state index in [4.69, 9.17) is 54.2 Å². The highest BCUT2D eigenvalue weighted by Crippen LogP contribution is 2.01. The second-order valence-electron chi connectivity index (χ2n) is 7.37. The van der Waals surface area contributed by atoms with E-state index in [1.165, 1.54) is 12.8 Å². The third-order valence-corrected chi connectivity index (χ3v) is 4.68. The van der Waals surface area contributed by atoms with Gasteiger partial charge in [0.15, 0.2) is 0 Å². The lowest BCUT2D eigenvalue weighted by Crippen LogP contribution is -2.15. The Balaban J connectivity index is 3.03. The third kappa shape index (κ3) is 31.2. The highest BCUT2D eigenvalue weighted by molar-refractivity contribution is 6.17. The number of alkyl halides is 1. The largest absolute Gasteiger partial charge is 0.460 e. The van der Waals surface area contributed by atoms with Crippen LogP contribution in [-0.4, -0.2) is 124 Å². The van der Waals surface area contributed by atoms with Crippen molar-refractivity contribution < 1.29 is 47.4 Å². The van der Waals surface area contributed by atoms with Crippen molar-refractivity contribution in [2.24, 2.45) is 0 Å². The Morgan fingerprint density at radius 3 is 1.11 bits per heavy atom. The van der Waals surface area contributed by atoms with E-state index in [0.717, 1.165) is 31.4 Å². The van der Waals surface area contributed by atoms with Crippen LogP contribution in [0.25, 0.3) is 0 Å². The minimum absolute atomic E-state index is 0.204. The first-order valence-electron chi connectivity index (χ1n) is 12.8. The second kappa shape index (κ2) is 32.2. The fourth-order valence-electron chi connectivity index (χ4n) is 2.55. The topological polar surface area (TPSA) is 100 Å². The highest BCUT2D eigenvalue weighted by atomic mass is 35.5. The maximum atomic E-state index is 10.8. The summed E-state index contributed by atoms with van der Waals surface area (Å²) >= 11 is 5.64. The lowest BCUT2D eigenvalue weighted by Gasteiger charge is -2.08. The summed E-state index contributed by atoms with van der Waals surface area (Å²) in [7, 11) is 0. The Morgan fingerprint density at radius 2 is 0.778 bits per heavy atom. The molecule has 36 heavy (non-hydrogen) atoms. The van der Waals surface area contributed by atoms with Gasteiger partial charge in [0.25, 0.3) is 0 Å². The molecule has 0 fully saturated rings. The molecule has 0 aliphatic heterocycles. The van der Waals surface area contributed by atoms with Crippen molar-refractivity contribution in [3.63, 3.8) is 0 Å². The average molecular weight is 543 g/mol. The van der Waals surface area contributed by atoms with Gasteiger partial charge in [0.2, 0.25) is 0 Å². The SMILES string of the molecule is C=CC(=O)OCCOCCOCCOCCOCCOCCOCCOCCOCCCCCCCl. The van der Waals surface area contributed by atoms with E-state index in [9.17, 15) is 4.79 Å². The van der Waals surface area contributed by atoms with Crippen molar-refractivity contribution in [2.75, 3.05) is 118 Å². The van der Waals surface area contributed by atoms with Gasteiger partial charge in [-0.05, 0) is 12.8 Å². The Morgan fingerprint density at radius 1 is 0.472 bits per heavy atom. The van der Waals surface area contributed by atoms with Crippen LogP contribution in [0.15, 0.2) is 12.7 Å².